The van der Waals surface area contributed by atoms with Crippen molar-refractivity contribution >= 4 is 11.9 Å². The van der Waals surface area contributed by atoms with Gasteiger partial charge >= 0.3 is 11.9 Å². The predicted octanol–water partition coefficient (Wildman–Crippen LogP) is 21.0. The minimum absolute atomic E-state index is 0.0727. The Morgan fingerprint density at radius 2 is 0.643 bits per heavy atom. The molecule has 5 heteroatoms. The Labute approximate surface area is 436 Å². The molecule has 0 amide bonds. The van der Waals surface area contributed by atoms with Crippen molar-refractivity contribution in [3.8, 4) is 0 Å². The van der Waals surface area contributed by atoms with Gasteiger partial charge in [-0.25, -0.2) is 0 Å². The van der Waals surface area contributed by atoms with Gasteiger partial charge in [0, 0.05) is 19.4 Å². The minimum atomic E-state index is -0.556. The number of allylic oxidation sites excluding steroid dienone is 12. The Kier molecular flexibility index (Phi) is 58.3. The highest BCUT2D eigenvalue weighted by Gasteiger charge is 2.17. The average Bonchev–Trinajstić information content (AvgIpc) is 3.36. The number of carbonyl (C=O) groups excluding carboxylic acids is 2. The van der Waals surface area contributed by atoms with Crippen molar-refractivity contribution in [3.05, 3.63) is 72.9 Å². The topological polar surface area (TPSA) is 61.8 Å². The molecule has 0 fully saturated rings. The molecule has 406 valence electrons. The van der Waals surface area contributed by atoms with E-state index >= 15 is 0 Å². The van der Waals surface area contributed by atoms with Gasteiger partial charge in [-0.3, -0.25) is 9.59 Å². The summed E-state index contributed by atoms with van der Waals surface area (Å²) in [4.78, 5) is 25.6. The van der Waals surface area contributed by atoms with E-state index in [0.717, 1.165) is 89.9 Å². The zero-order valence-corrected chi connectivity index (χ0v) is 46.8. The van der Waals surface area contributed by atoms with Crippen molar-refractivity contribution in [2.75, 3.05) is 19.8 Å². The zero-order chi connectivity index (χ0) is 50.6. The van der Waals surface area contributed by atoms with Crippen molar-refractivity contribution in [1.29, 1.82) is 0 Å². The predicted molar refractivity (Wildman–Crippen MR) is 307 cm³/mol. The SMILES string of the molecule is CC/C=C\C/C=C\C/C=C\C/C=C\C/C=C\CCCCCCOCC(COC(=O)CCCCCCCCCCCCCCCCCCCCC)OC(=O)CCCCCCC/C=C\CCCCCCCC. The highest BCUT2D eigenvalue weighted by Crippen LogP contribution is 2.16. The second-order valence-electron chi connectivity index (χ2n) is 20.2. The summed E-state index contributed by atoms with van der Waals surface area (Å²) in [6.45, 7) is 7.69. The number of hydrogen-bond acceptors (Lipinski definition) is 5. The second-order valence-corrected chi connectivity index (χ2v) is 20.2. The Bertz CT molecular complexity index is 1240. The van der Waals surface area contributed by atoms with E-state index in [1.54, 1.807) is 0 Å². The van der Waals surface area contributed by atoms with Crippen molar-refractivity contribution in [2.45, 2.75) is 309 Å². The molecule has 0 aliphatic rings. The third-order valence-electron chi connectivity index (χ3n) is 13.2. The summed E-state index contributed by atoms with van der Waals surface area (Å²) in [5.74, 6) is -0.408. The fourth-order valence-electron chi connectivity index (χ4n) is 8.71. The number of hydrogen-bond donors (Lipinski definition) is 0. The molecule has 0 aliphatic carbocycles. The van der Waals surface area contributed by atoms with E-state index in [9.17, 15) is 9.59 Å². The molecule has 0 rings (SSSR count). The lowest BCUT2D eigenvalue weighted by Crippen LogP contribution is -2.30. The van der Waals surface area contributed by atoms with Crippen molar-refractivity contribution in [2.24, 2.45) is 0 Å². The van der Waals surface area contributed by atoms with Crippen LogP contribution in [0.5, 0.6) is 0 Å². The molecular weight excluding hydrogens is 861 g/mol. The number of ether oxygens (including phenoxy) is 3. The first-order valence-electron chi connectivity index (χ1n) is 30.5. The molecule has 0 saturated heterocycles. The van der Waals surface area contributed by atoms with E-state index in [2.05, 4.69) is 93.7 Å². The van der Waals surface area contributed by atoms with Crippen LogP contribution in [0.2, 0.25) is 0 Å². The Balaban J connectivity index is 4.30. The average molecular weight is 978 g/mol. The first kappa shape index (κ1) is 67.3. The molecule has 0 aromatic heterocycles. The largest absolute Gasteiger partial charge is 0.462 e. The van der Waals surface area contributed by atoms with Crippen molar-refractivity contribution in [3.63, 3.8) is 0 Å². The fourth-order valence-corrected chi connectivity index (χ4v) is 8.71. The fraction of sp³-hybridized carbons (Fsp3) is 0.785. The van der Waals surface area contributed by atoms with Gasteiger partial charge in [-0.05, 0) is 89.9 Å². The van der Waals surface area contributed by atoms with E-state index in [0.29, 0.717) is 19.4 Å². The highest BCUT2D eigenvalue weighted by molar-refractivity contribution is 5.70. The maximum absolute atomic E-state index is 12.9. The summed E-state index contributed by atoms with van der Waals surface area (Å²) in [7, 11) is 0. The molecule has 0 aromatic rings. The standard InChI is InChI=1S/C65H116O5/c1-4-7-10-13-16-19-22-25-28-30-32-34-36-39-42-45-48-51-54-57-60-68-61-63(70-65(67)59-56-53-50-47-44-41-37-27-24-21-18-15-12-9-6-3)62-69-64(66)58-55-52-49-46-43-40-38-35-33-31-29-26-23-20-17-14-11-8-5-2/h7,10,16,19,25,27-28,32,34,37,39,42,63H,4-6,8-9,11-15,17-18,20-24,26,29-31,33,35-36,38,40-41,43-62H2,1-3H3/b10-7-,19-16-,28-25-,34-32-,37-27-,42-39-. The zero-order valence-electron chi connectivity index (χ0n) is 46.8. The van der Waals surface area contributed by atoms with E-state index in [-0.39, 0.29) is 25.2 Å². The lowest BCUT2D eigenvalue weighted by Gasteiger charge is -2.18. The lowest BCUT2D eigenvalue weighted by atomic mass is 10.0. The van der Waals surface area contributed by atoms with Crippen LogP contribution in [0.1, 0.15) is 303 Å². The van der Waals surface area contributed by atoms with Crippen LogP contribution in [-0.2, 0) is 23.8 Å². The quantitative estimate of drug-likeness (QED) is 0.0345. The van der Waals surface area contributed by atoms with Crippen LogP contribution < -0.4 is 0 Å². The van der Waals surface area contributed by atoms with E-state index in [4.69, 9.17) is 14.2 Å². The van der Waals surface area contributed by atoms with E-state index in [1.807, 2.05) is 0 Å². The third-order valence-corrected chi connectivity index (χ3v) is 13.2. The molecule has 70 heavy (non-hydrogen) atoms. The number of rotatable bonds is 56. The molecule has 0 spiro atoms. The van der Waals surface area contributed by atoms with Gasteiger partial charge in [-0.15, -0.1) is 0 Å². The maximum atomic E-state index is 12.9. The lowest BCUT2D eigenvalue weighted by molar-refractivity contribution is -0.163. The second kappa shape index (κ2) is 60.6. The third kappa shape index (κ3) is 57.9. The smallest absolute Gasteiger partial charge is 0.306 e. The molecule has 0 radical (unpaired) electrons. The molecule has 0 aromatic carbocycles. The van der Waals surface area contributed by atoms with E-state index < -0.39 is 6.10 Å². The van der Waals surface area contributed by atoms with Crippen molar-refractivity contribution in [1.82, 2.24) is 0 Å². The molecule has 1 atom stereocenters. The van der Waals surface area contributed by atoms with Crippen molar-refractivity contribution < 1.29 is 23.8 Å². The van der Waals surface area contributed by atoms with Gasteiger partial charge in [0.2, 0.25) is 0 Å². The monoisotopic (exact) mass is 977 g/mol. The summed E-state index contributed by atoms with van der Waals surface area (Å²) in [5, 5.41) is 0. The molecule has 0 saturated carbocycles. The Morgan fingerprint density at radius 1 is 0.329 bits per heavy atom. The van der Waals surface area contributed by atoms with Gasteiger partial charge in [0.1, 0.15) is 6.61 Å². The molecule has 0 N–H and O–H groups in total. The van der Waals surface area contributed by atoms with Crippen LogP contribution >= 0.6 is 0 Å². The Hall–Kier alpha value is -2.66. The van der Waals surface area contributed by atoms with Crippen LogP contribution in [0.25, 0.3) is 0 Å². The van der Waals surface area contributed by atoms with Gasteiger partial charge in [-0.2, -0.15) is 0 Å². The molecular formula is C65H116O5. The number of carbonyl (C=O) groups is 2. The number of unbranched alkanes of at least 4 members (excludes halogenated alkanes) is 33. The molecule has 5 nitrogen and oxygen atoms in total. The van der Waals surface area contributed by atoms with Gasteiger partial charge in [-0.1, -0.05) is 273 Å². The summed E-state index contributed by atoms with van der Waals surface area (Å²) in [6, 6.07) is 0. The van der Waals surface area contributed by atoms with Gasteiger partial charge < -0.3 is 14.2 Å². The summed E-state index contributed by atoms with van der Waals surface area (Å²) >= 11 is 0. The van der Waals surface area contributed by atoms with Gasteiger partial charge in [0.25, 0.3) is 0 Å². The summed E-state index contributed by atoms with van der Waals surface area (Å²) < 4.78 is 17.5. The van der Waals surface area contributed by atoms with Crippen LogP contribution in [0.15, 0.2) is 72.9 Å². The normalized spacial score (nSPS) is 12.7. The van der Waals surface area contributed by atoms with Crippen LogP contribution in [0.4, 0.5) is 0 Å². The van der Waals surface area contributed by atoms with E-state index in [1.165, 1.54) is 180 Å². The molecule has 1 unspecified atom stereocenters. The van der Waals surface area contributed by atoms with Gasteiger partial charge in [0.05, 0.1) is 6.61 Å². The highest BCUT2D eigenvalue weighted by atomic mass is 16.6. The van der Waals surface area contributed by atoms with Crippen LogP contribution in [-0.4, -0.2) is 37.9 Å². The van der Waals surface area contributed by atoms with Crippen LogP contribution in [0.3, 0.4) is 0 Å². The summed E-state index contributed by atoms with van der Waals surface area (Å²) in [6.07, 6.45) is 79.3. The van der Waals surface area contributed by atoms with Crippen LogP contribution in [0, 0.1) is 0 Å². The first-order valence-corrected chi connectivity index (χ1v) is 30.5. The molecule has 0 aliphatic heterocycles. The molecule has 0 bridgehead atoms. The summed E-state index contributed by atoms with van der Waals surface area (Å²) in [5.41, 5.74) is 0. The minimum Gasteiger partial charge on any atom is -0.462 e. The van der Waals surface area contributed by atoms with Gasteiger partial charge in [0.15, 0.2) is 6.10 Å². The maximum Gasteiger partial charge on any atom is 0.306 e. The first-order chi connectivity index (χ1) is 34.6. The number of esters is 2. The molecule has 0 heterocycles. The Morgan fingerprint density at radius 3 is 1.04 bits per heavy atom.